The van der Waals surface area contributed by atoms with Crippen LogP contribution in [0.1, 0.15) is 18.4 Å². The van der Waals surface area contributed by atoms with Gasteiger partial charge in [0, 0.05) is 12.2 Å². The summed E-state index contributed by atoms with van der Waals surface area (Å²) in [5.41, 5.74) is 4.28. The number of nitrogens with zero attached hydrogens (tertiary/aromatic N) is 3. The second kappa shape index (κ2) is 5.33. The van der Waals surface area contributed by atoms with Gasteiger partial charge in [-0.15, -0.1) is 0 Å². The van der Waals surface area contributed by atoms with Crippen LogP contribution in [0, 0.1) is 6.92 Å². The summed E-state index contributed by atoms with van der Waals surface area (Å²) in [5, 5.41) is 3.38. The Bertz CT molecular complexity index is 713. The van der Waals surface area contributed by atoms with E-state index in [9.17, 15) is 0 Å². The minimum absolute atomic E-state index is 0.702. The summed E-state index contributed by atoms with van der Waals surface area (Å²) < 4.78 is 2.24. The van der Waals surface area contributed by atoms with Gasteiger partial charge in [0.05, 0.1) is 29.5 Å². The predicted octanol–water partition coefficient (Wildman–Crippen LogP) is 3.37. The number of benzene rings is 1. The largest absolute Gasteiger partial charge is 0.377 e. The average molecular weight is 266 g/mol. The number of aromatic nitrogens is 3. The summed E-state index contributed by atoms with van der Waals surface area (Å²) in [4.78, 5) is 8.98. The van der Waals surface area contributed by atoms with E-state index in [1.807, 2.05) is 31.3 Å². The van der Waals surface area contributed by atoms with Crippen molar-refractivity contribution in [2.75, 3.05) is 5.32 Å². The fourth-order valence-corrected chi connectivity index (χ4v) is 2.37. The van der Waals surface area contributed by atoms with Gasteiger partial charge in [0.2, 0.25) is 0 Å². The van der Waals surface area contributed by atoms with E-state index in [-0.39, 0.29) is 0 Å². The van der Waals surface area contributed by atoms with Crippen LogP contribution in [0.3, 0.4) is 0 Å². The van der Waals surface area contributed by atoms with Crippen molar-refractivity contribution in [2.24, 2.45) is 0 Å². The SMILES string of the molecule is CCn1c(CNc2ccc(C)nc2)nc2ccccc21. The molecule has 3 rings (SSSR count). The molecule has 0 aliphatic rings. The Morgan fingerprint density at radius 3 is 2.75 bits per heavy atom. The van der Waals surface area contributed by atoms with Gasteiger partial charge in [-0.1, -0.05) is 12.1 Å². The van der Waals surface area contributed by atoms with Gasteiger partial charge in [0.15, 0.2) is 0 Å². The maximum absolute atomic E-state index is 4.70. The van der Waals surface area contributed by atoms with E-state index in [1.165, 1.54) is 5.52 Å². The number of pyridine rings is 1. The van der Waals surface area contributed by atoms with E-state index < -0.39 is 0 Å². The van der Waals surface area contributed by atoms with Gasteiger partial charge in [-0.2, -0.15) is 0 Å². The highest BCUT2D eigenvalue weighted by Gasteiger charge is 2.08. The van der Waals surface area contributed by atoms with Gasteiger partial charge in [0.25, 0.3) is 0 Å². The van der Waals surface area contributed by atoms with Crippen molar-refractivity contribution >= 4 is 16.7 Å². The minimum Gasteiger partial charge on any atom is -0.377 e. The highest BCUT2D eigenvalue weighted by molar-refractivity contribution is 5.75. The summed E-state index contributed by atoms with van der Waals surface area (Å²) in [6, 6.07) is 12.3. The van der Waals surface area contributed by atoms with E-state index in [4.69, 9.17) is 4.98 Å². The second-order valence-corrected chi connectivity index (χ2v) is 4.80. The zero-order valence-electron chi connectivity index (χ0n) is 11.8. The molecule has 0 atom stereocenters. The number of nitrogens with one attached hydrogen (secondary N) is 1. The Labute approximate surface area is 118 Å². The number of fused-ring (bicyclic) bond motifs is 1. The van der Waals surface area contributed by atoms with Crippen molar-refractivity contribution in [1.29, 1.82) is 0 Å². The normalized spacial score (nSPS) is 10.9. The lowest BCUT2D eigenvalue weighted by Gasteiger charge is -2.08. The fourth-order valence-electron chi connectivity index (χ4n) is 2.37. The molecule has 3 aromatic rings. The molecule has 0 amide bonds. The molecule has 20 heavy (non-hydrogen) atoms. The minimum atomic E-state index is 0.702. The number of aryl methyl sites for hydroxylation is 2. The van der Waals surface area contributed by atoms with Crippen LogP contribution in [-0.2, 0) is 13.1 Å². The Morgan fingerprint density at radius 1 is 1.15 bits per heavy atom. The van der Waals surface area contributed by atoms with Crippen LogP contribution in [0.15, 0.2) is 42.6 Å². The standard InChI is InChI=1S/C16H18N4/c1-3-20-15-7-5-4-6-14(15)19-16(20)11-18-13-9-8-12(2)17-10-13/h4-10,18H,3,11H2,1-2H3. The predicted molar refractivity (Wildman–Crippen MR) is 81.7 cm³/mol. The Hall–Kier alpha value is -2.36. The Kier molecular flexibility index (Phi) is 3.37. The molecule has 0 saturated carbocycles. The molecule has 1 N–H and O–H groups in total. The summed E-state index contributed by atoms with van der Waals surface area (Å²) in [6.45, 7) is 5.75. The first-order chi connectivity index (χ1) is 9.78. The molecule has 2 aromatic heterocycles. The Morgan fingerprint density at radius 2 is 2.00 bits per heavy atom. The number of hydrogen-bond donors (Lipinski definition) is 1. The third kappa shape index (κ3) is 2.37. The fraction of sp³-hybridized carbons (Fsp3) is 0.250. The van der Waals surface area contributed by atoms with Crippen molar-refractivity contribution in [2.45, 2.75) is 26.9 Å². The lowest BCUT2D eigenvalue weighted by molar-refractivity contribution is 0.729. The number of hydrogen-bond acceptors (Lipinski definition) is 3. The van der Waals surface area contributed by atoms with Gasteiger partial charge in [-0.3, -0.25) is 4.98 Å². The average Bonchev–Trinajstić information content (AvgIpc) is 2.84. The third-order valence-corrected chi connectivity index (χ3v) is 3.41. The zero-order valence-corrected chi connectivity index (χ0v) is 11.8. The van der Waals surface area contributed by atoms with Gasteiger partial charge < -0.3 is 9.88 Å². The molecule has 2 heterocycles. The van der Waals surface area contributed by atoms with Gasteiger partial charge in [-0.25, -0.2) is 4.98 Å². The van der Waals surface area contributed by atoms with E-state index in [1.54, 1.807) is 0 Å². The molecule has 0 aliphatic heterocycles. The van der Waals surface area contributed by atoms with Gasteiger partial charge in [-0.05, 0) is 38.1 Å². The van der Waals surface area contributed by atoms with E-state index in [0.717, 1.165) is 29.3 Å². The van der Waals surface area contributed by atoms with Crippen molar-refractivity contribution in [3.8, 4) is 0 Å². The summed E-state index contributed by atoms with van der Waals surface area (Å²) >= 11 is 0. The molecule has 4 nitrogen and oxygen atoms in total. The monoisotopic (exact) mass is 266 g/mol. The third-order valence-electron chi connectivity index (χ3n) is 3.41. The Balaban J connectivity index is 1.85. The molecular weight excluding hydrogens is 248 g/mol. The van der Waals surface area contributed by atoms with Crippen LogP contribution in [-0.4, -0.2) is 14.5 Å². The maximum Gasteiger partial charge on any atom is 0.129 e. The van der Waals surface area contributed by atoms with Crippen molar-refractivity contribution in [1.82, 2.24) is 14.5 Å². The van der Waals surface area contributed by atoms with E-state index >= 15 is 0 Å². The number of anilines is 1. The highest BCUT2D eigenvalue weighted by Crippen LogP contribution is 2.17. The van der Waals surface area contributed by atoms with E-state index in [0.29, 0.717) is 6.54 Å². The summed E-state index contributed by atoms with van der Waals surface area (Å²) in [5.74, 6) is 1.05. The van der Waals surface area contributed by atoms with Crippen molar-refractivity contribution in [3.05, 3.63) is 54.1 Å². The van der Waals surface area contributed by atoms with Crippen LogP contribution in [0.5, 0.6) is 0 Å². The smallest absolute Gasteiger partial charge is 0.129 e. The second-order valence-electron chi connectivity index (χ2n) is 4.80. The molecule has 0 saturated heterocycles. The molecule has 0 bridgehead atoms. The van der Waals surface area contributed by atoms with E-state index in [2.05, 4.69) is 40.0 Å². The molecule has 1 aromatic carbocycles. The molecule has 102 valence electrons. The first-order valence-corrected chi connectivity index (χ1v) is 6.88. The number of imidazole rings is 1. The number of rotatable bonds is 4. The highest BCUT2D eigenvalue weighted by atomic mass is 15.1. The van der Waals surface area contributed by atoms with Crippen LogP contribution in [0.4, 0.5) is 5.69 Å². The van der Waals surface area contributed by atoms with Gasteiger partial charge >= 0.3 is 0 Å². The summed E-state index contributed by atoms with van der Waals surface area (Å²) in [7, 11) is 0. The topological polar surface area (TPSA) is 42.7 Å². The van der Waals surface area contributed by atoms with Crippen molar-refractivity contribution < 1.29 is 0 Å². The lowest BCUT2D eigenvalue weighted by Crippen LogP contribution is -2.08. The molecule has 0 radical (unpaired) electrons. The molecule has 0 fully saturated rings. The molecule has 0 spiro atoms. The zero-order chi connectivity index (χ0) is 13.9. The van der Waals surface area contributed by atoms with Gasteiger partial charge in [0.1, 0.15) is 5.82 Å². The first-order valence-electron chi connectivity index (χ1n) is 6.88. The number of para-hydroxylation sites is 2. The molecule has 0 unspecified atom stereocenters. The van der Waals surface area contributed by atoms with Crippen LogP contribution in [0.2, 0.25) is 0 Å². The van der Waals surface area contributed by atoms with Crippen LogP contribution in [0.25, 0.3) is 11.0 Å². The maximum atomic E-state index is 4.70. The van der Waals surface area contributed by atoms with Crippen molar-refractivity contribution in [3.63, 3.8) is 0 Å². The first kappa shape index (κ1) is 12.7. The lowest BCUT2D eigenvalue weighted by atomic mass is 10.3. The summed E-state index contributed by atoms with van der Waals surface area (Å²) in [6.07, 6.45) is 1.86. The van der Waals surface area contributed by atoms with Crippen LogP contribution >= 0.6 is 0 Å². The molecule has 0 aliphatic carbocycles. The molecule has 4 heteroatoms. The molecular formula is C16H18N4. The van der Waals surface area contributed by atoms with Crippen LogP contribution < -0.4 is 5.32 Å². The quantitative estimate of drug-likeness (QED) is 0.787.